The van der Waals surface area contributed by atoms with E-state index in [1.54, 1.807) is 11.4 Å². The van der Waals surface area contributed by atoms with Gasteiger partial charge in [-0.25, -0.2) is 4.39 Å². The molecule has 0 amide bonds. The van der Waals surface area contributed by atoms with E-state index in [0.717, 1.165) is 8.95 Å². The van der Waals surface area contributed by atoms with Crippen LogP contribution in [0.1, 0.15) is 15.9 Å². The molecule has 1 heterocycles. The molecule has 0 saturated heterocycles. The molecule has 0 unspecified atom stereocenters. The topological polar surface area (TPSA) is 35.5 Å². The van der Waals surface area contributed by atoms with E-state index in [9.17, 15) is 9.18 Å². The number of hydrogen-bond donors (Lipinski definition) is 0. The van der Waals surface area contributed by atoms with Crippen LogP contribution in [0.25, 0.3) is 0 Å². The maximum Gasteiger partial charge on any atom is 0.196 e. The lowest BCUT2D eigenvalue weighted by Gasteiger charge is -2.09. The molecule has 0 saturated carbocycles. The number of methoxy groups -OCH3 is 2. The van der Waals surface area contributed by atoms with Gasteiger partial charge in [0.05, 0.1) is 22.7 Å². The molecule has 100 valence electrons. The number of benzene rings is 1. The van der Waals surface area contributed by atoms with Gasteiger partial charge in [-0.05, 0) is 34.7 Å². The van der Waals surface area contributed by atoms with Crippen molar-refractivity contribution in [2.24, 2.45) is 0 Å². The van der Waals surface area contributed by atoms with Gasteiger partial charge in [-0.1, -0.05) is 0 Å². The molecule has 0 bridgehead atoms. The molecule has 0 atom stereocenters. The van der Waals surface area contributed by atoms with Crippen LogP contribution in [0, 0.1) is 8.70 Å². The number of thiophene rings is 1. The molecule has 0 fully saturated rings. The Balaban J connectivity index is 2.47. The molecule has 19 heavy (non-hydrogen) atoms. The van der Waals surface area contributed by atoms with Crippen LogP contribution in [0.5, 0.6) is 11.5 Å². The Labute approximate surface area is 127 Å². The number of carbonyl (C=O) groups is 1. The fraction of sp³-hybridized carbons (Fsp3) is 0.154. The minimum Gasteiger partial charge on any atom is -0.493 e. The maximum absolute atomic E-state index is 13.9. The smallest absolute Gasteiger partial charge is 0.196 e. The van der Waals surface area contributed by atoms with E-state index in [-0.39, 0.29) is 17.1 Å². The molecule has 2 aromatic rings. The highest BCUT2D eigenvalue weighted by Crippen LogP contribution is 2.31. The summed E-state index contributed by atoms with van der Waals surface area (Å²) in [7, 11) is 2.86. The predicted octanol–water partition coefficient (Wildman–Crippen LogP) is 3.74. The lowest BCUT2D eigenvalue weighted by molar-refractivity contribution is 0.103. The number of rotatable bonds is 4. The quantitative estimate of drug-likeness (QED) is 0.588. The minimum atomic E-state index is -0.621. The van der Waals surface area contributed by atoms with Crippen molar-refractivity contribution in [2.45, 2.75) is 0 Å². The van der Waals surface area contributed by atoms with E-state index >= 15 is 0 Å². The largest absolute Gasteiger partial charge is 0.493 e. The summed E-state index contributed by atoms with van der Waals surface area (Å²) in [4.78, 5) is 12.2. The van der Waals surface area contributed by atoms with Crippen molar-refractivity contribution in [3.8, 4) is 11.5 Å². The molecule has 3 nitrogen and oxygen atoms in total. The number of hydrogen-bond acceptors (Lipinski definition) is 4. The van der Waals surface area contributed by atoms with Crippen molar-refractivity contribution in [3.05, 3.63) is 43.4 Å². The molecular formula is C13H10FIO3S. The van der Waals surface area contributed by atoms with Gasteiger partial charge >= 0.3 is 0 Å². The average molecular weight is 392 g/mol. The van der Waals surface area contributed by atoms with Gasteiger partial charge in [-0.3, -0.25) is 4.79 Å². The maximum atomic E-state index is 13.9. The summed E-state index contributed by atoms with van der Waals surface area (Å²) in [5, 5.41) is 1.71. The van der Waals surface area contributed by atoms with Gasteiger partial charge in [0.1, 0.15) is 5.82 Å². The van der Waals surface area contributed by atoms with Crippen molar-refractivity contribution in [2.75, 3.05) is 14.2 Å². The standard InChI is InChI=1S/C13H10FIO3S/c1-17-10-4-8(9(14)5-11(10)18-2)13(16)7-3-12(15)19-6-7/h3-6H,1-2H3. The van der Waals surface area contributed by atoms with Crippen molar-refractivity contribution >= 4 is 39.7 Å². The Morgan fingerprint density at radius 3 is 2.37 bits per heavy atom. The van der Waals surface area contributed by atoms with Crippen LogP contribution in [0.2, 0.25) is 0 Å². The number of halogens is 2. The van der Waals surface area contributed by atoms with E-state index in [0.29, 0.717) is 11.3 Å². The normalized spacial score (nSPS) is 10.3. The first-order chi connectivity index (χ1) is 9.06. The second-order valence-electron chi connectivity index (χ2n) is 3.66. The lowest BCUT2D eigenvalue weighted by Crippen LogP contribution is -2.04. The highest BCUT2D eigenvalue weighted by Gasteiger charge is 2.19. The van der Waals surface area contributed by atoms with Gasteiger partial charge in [0, 0.05) is 17.0 Å². The monoisotopic (exact) mass is 392 g/mol. The van der Waals surface area contributed by atoms with Gasteiger partial charge < -0.3 is 9.47 Å². The van der Waals surface area contributed by atoms with Crippen LogP contribution in [0.3, 0.4) is 0 Å². The zero-order chi connectivity index (χ0) is 14.0. The summed E-state index contributed by atoms with van der Waals surface area (Å²) in [5.74, 6) is -0.393. The summed E-state index contributed by atoms with van der Waals surface area (Å²) < 4.78 is 25.0. The average Bonchev–Trinajstić information content (AvgIpc) is 2.84. The molecule has 0 aliphatic carbocycles. The molecule has 0 spiro atoms. The third-order valence-corrected chi connectivity index (χ3v) is 4.34. The summed E-state index contributed by atoms with van der Waals surface area (Å²) in [6.45, 7) is 0. The van der Waals surface area contributed by atoms with E-state index in [2.05, 4.69) is 22.6 Å². The Morgan fingerprint density at radius 2 is 1.84 bits per heavy atom. The Morgan fingerprint density at radius 1 is 1.21 bits per heavy atom. The van der Waals surface area contributed by atoms with E-state index in [1.807, 2.05) is 0 Å². The van der Waals surface area contributed by atoms with Crippen molar-refractivity contribution in [1.29, 1.82) is 0 Å². The molecule has 0 aliphatic heterocycles. The zero-order valence-corrected chi connectivity index (χ0v) is 13.2. The first kappa shape index (κ1) is 14.3. The highest BCUT2D eigenvalue weighted by atomic mass is 127. The predicted molar refractivity (Wildman–Crippen MR) is 80.0 cm³/mol. The van der Waals surface area contributed by atoms with Crippen LogP contribution in [0.4, 0.5) is 4.39 Å². The summed E-state index contributed by atoms with van der Waals surface area (Å²) >= 11 is 3.55. The van der Waals surface area contributed by atoms with E-state index < -0.39 is 5.82 Å². The van der Waals surface area contributed by atoms with Crippen LogP contribution in [-0.4, -0.2) is 20.0 Å². The summed E-state index contributed by atoms with van der Waals surface area (Å²) in [6, 6.07) is 4.24. The van der Waals surface area contributed by atoms with Crippen molar-refractivity contribution in [3.63, 3.8) is 0 Å². The van der Waals surface area contributed by atoms with Gasteiger partial charge in [-0.15, -0.1) is 11.3 Å². The summed E-state index contributed by atoms with van der Waals surface area (Å²) in [6.07, 6.45) is 0. The summed E-state index contributed by atoms with van der Waals surface area (Å²) in [5.41, 5.74) is 0.451. The van der Waals surface area contributed by atoms with Gasteiger partial charge in [0.25, 0.3) is 0 Å². The van der Waals surface area contributed by atoms with Crippen LogP contribution < -0.4 is 9.47 Å². The van der Waals surface area contributed by atoms with Gasteiger partial charge in [-0.2, -0.15) is 0 Å². The third kappa shape index (κ3) is 2.89. The Kier molecular flexibility index (Phi) is 4.41. The lowest BCUT2D eigenvalue weighted by atomic mass is 10.0. The van der Waals surface area contributed by atoms with Crippen molar-refractivity contribution in [1.82, 2.24) is 0 Å². The molecular weight excluding hydrogens is 382 g/mol. The SMILES string of the molecule is COc1cc(F)c(C(=O)c2csc(I)c2)cc1OC. The first-order valence-corrected chi connectivity index (χ1v) is 7.23. The molecule has 6 heteroatoms. The molecule has 1 aromatic heterocycles. The highest BCUT2D eigenvalue weighted by molar-refractivity contribution is 14.1. The van der Waals surface area contributed by atoms with Crippen LogP contribution in [-0.2, 0) is 0 Å². The molecule has 0 radical (unpaired) electrons. The number of ether oxygens (including phenoxy) is 2. The zero-order valence-electron chi connectivity index (χ0n) is 10.2. The minimum absolute atomic E-state index is 0.0214. The Hall–Kier alpha value is -1.15. The van der Waals surface area contributed by atoms with Gasteiger partial charge in [0.2, 0.25) is 0 Å². The molecule has 0 N–H and O–H groups in total. The number of carbonyl (C=O) groups excluding carboxylic acids is 1. The second-order valence-corrected chi connectivity index (χ2v) is 6.46. The first-order valence-electron chi connectivity index (χ1n) is 5.27. The van der Waals surface area contributed by atoms with Crippen molar-refractivity contribution < 1.29 is 18.7 Å². The fourth-order valence-electron chi connectivity index (χ4n) is 1.61. The molecule has 2 rings (SSSR count). The fourth-order valence-corrected chi connectivity index (χ4v) is 2.94. The van der Waals surface area contributed by atoms with Gasteiger partial charge in [0.15, 0.2) is 17.3 Å². The molecule has 1 aromatic carbocycles. The third-order valence-electron chi connectivity index (χ3n) is 2.55. The van der Waals surface area contributed by atoms with E-state index in [1.165, 1.54) is 31.6 Å². The van der Waals surface area contributed by atoms with Crippen LogP contribution >= 0.6 is 33.9 Å². The van der Waals surface area contributed by atoms with E-state index in [4.69, 9.17) is 9.47 Å². The Bertz CT molecular complexity index is 624. The second kappa shape index (κ2) is 5.87. The number of ketones is 1. The van der Waals surface area contributed by atoms with Crippen LogP contribution in [0.15, 0.2) is 23.6 Å². The molecule has 0 aliphatic rings.